The number of carbonyl (C=O) groups excluding carboxylic acids is 1. The van der Waals surface area contributed by atoms with Crippen molar-refractivity contribution in [3.63, 3.8) is 0 Å². The molecule has 1 amide bonds. The van der Waals surface area contributed by atoms with E-state index in [-0.39, 0.29) is 5.91 Å². The van der Waals surface area contributed by atoms with Gasteiger partial charge >= 0.3 is 0 Å². The summed E-state index contributed by atoms with van der Waals surface area (Å²) < 4.78 is 1.15. The van der Waals surface area contributed by atoms with Crippen LogP contribution in [0.15, 0.2) is 47.4 Å². The molecule has 0 saturated carbocycles. The largest absolute Gasteiger partial charge is 0.338 e. The Bertz CT molecular complexity index is 935. The van der Waals surface area contributed by atoms with Gasteiger partial charge in [-0.25, -0.2) is 4.98 Å². The number of benzene rings is 2. The molecule has 0 fully saturated rings. The highest BCUT2D eigenvalue weighted by Crippen LogP contribution is 2.31. The first-order valence-electron chi connectivity index (χ1n) is 9.65. The van der Waals surface area contributed by atoms with E-state index in [1.54, 1.807) is 23.1 Å². The van der Waals surface area contributed by atoms with Gasteiger partial charge in [-0.15, -0.1) is 11.8 Å². The standard InChI is InChI=1S/C22H27N3OS2/c1-5-17-7-6-8-19-21(17)23-22(28-19)25(14-13-24(3)4)20(26)15-27-18-11-9-16(2)10-12-18/h6-12H,5,13-15H2,1-4H3/p+1. The number of anilines is 1. The molecule has 4 nitrogen and oxygen atoms in total. The lowest BCUT2D eigenvalue weighted by Crippen LogP contribution is -3.06. The molecule has 6 heteroatoms. The van der Waals surface area contributed by atoms with Crippen molar-refractivity contribution >= 4 is 44.4 Å². The minimum absolute atomic E-state index is 0.115. The number of para-hydroxylation sites is 1. The van der Waals surface area contributed by atoms with Crippen molar-refractivity contribution in [2.45, 2.75) is 25.2 Å². The summed E-state index contributed by atoms with van der Waals surface area (Å²) >= 11 is 3.20. The number of nitrogens with one attached hydrogen (secondary N) is 1. The van der Waals surface area contributed by atoms with Gasteiger partial charge in [-0.3, -0.25) is 9.69 Å². The number of thiazole rings is 1. The molecule has 0 atom stereocenters. The van der Waals surface area contributed by atoms with E-state index in [0.29, 0.717) is 12.3 Å². The number of fused-ring (bicyclic) bond motifs is 1. The second-order valence-electron chi connectivity index (χ2n) is 7.22. The van der Waals surface area contributed by atoms with Crippen LogP contribution in [0.25, 0.3) is 10.2 Å². The fraction of sp³-hybridized carbons (Fsp3) is 0.364. The van der Waals surface area contributed by atoms with Gasteiger partial charge in [-0.05, 0) is 37.1 Å². The summed E-state index contributed by atoms with van der Waals surface area (Å²) in [5.41, 5.74) is 3.50. The summed E-state index contributed by atoms with van der Waals surface area (Å²) in [4.78, 5) is 22.3. The van der Waals surface area contributed by atoms with Crippen molar-refractivity contribution in [3.8, 4) is 0 Å². The molecule has 0 unspecified atom stereocenters. The van der Waals surface area contributed by atoms with E-state index in [0.717, 1.165) is 33.2 Å². The third kappa shape index (κ3) is 5.13. The van der Waals surface area contributed by atoms with Crippen LogP contribution in [0.5, 0.6) is 0 Å². The maximum Gasteiger partial charge on any atom is 0.239 e. The summed E-state index contributed by atoms with van der Waals surface area (Å²) in [6, 6.07) is 14.6. The second kappa shape index (κ2) is 9.54. The van der Waals surface area contributed by atoms with E-state index >= 15 is 0 Å². The van der Waals surface area contributed by atoms with Crippen molar-refractivity contribution in [1.82, 2.24) is 4.98 Å². The highest BCUT2D eigenvalue weighted by Gasteiger charge is 2.21. The Balaban J connectivity index is 1.81. The number of likely N-dealkylation sites (N-methyl/N-ethyl adjacent to an activating group) is 1. The van der Waals surface area contributed by atoms with E-state index in [1.807, 2.05) is 4.90 Å². The van der Waals surface area contributed by atoms with Gasteiger partial charge < -0.3 is 4.90 Å². The zero-order chi connectivity index (χ0) is 20.1. The van der Waals surface area contributed by atoms with Crippen LogP contribution in [0.4, 0.5) is 5.13 Å². The SMILES string of the molecule is CCc1cccc2sc(N(CC[NH+](C)C)C(=O)CSc3ccc(C)cc3)nc12. The Kier molecular flexibility index (Phi) is 7.10. The fourth-order valence-electron chi connectivity index (χ4n) is 2.91. The van der Waals surface area contributed by atoms with Crippen molar-refractivity contribution in [2.24, 2.45) is 0 Å². The lowest BCUT2D eigenvalue weighted by molar-refractivity contribution is -0.856. The Morgan fingerprint density at radius 2 is 1.93 bits per heavy atom. The molecule has 0 spiro atoms. The average Bonchev–Trinajstić information content (AvgIpc) is 3.11. The number of nitrogens with zero attached hydrogens (tertiary/aromatic N) is 2. The molecule has 0 saturated heterocycles. The first-order chi connectivity index (χ1) is 13.5. The predicted octanol–water partition coefficient (Wildman–Crippen LogP) is 3.44. The first-order valence-corrected chi connectivity index (χ1v) is 11.5. The molecule has 1 N–H and O–H groups in total. The molecule has 1 heterocycles. The molecule has 0 aliphatic carbocycles. The fourth-order valence-corrected chi connectivity index (χ4v) is 4.75. The van der Waals surface area contributed by atoms with Crippen LogP contribution in [0.3, 0.4) is 0 Å². The van der Waals surface area contributed by atoms with Crippen molar-refractivity contribution in [3.05, 3.63) is 53.6 Å². The highest BCUT2D eigenvalue weighted by atomic mass is 32.2. The average molecular weight is 415 g/mol. The minimum atomic E-state index is 0.115. The Morgan fingerprint density at radius 3 is 2.61 bits per heavy atom. The minimum Gasteiger partial charge on any atom is -0.338 e. The van der Waals surface area contributed by atoms with Gasteiger partial charge in [0, 0.05) is 4.90 Å². The van der Waals surface area contributed by atoms with Crippen LogP contribution >= 0.6 is 23.1 Å². The Morgan fingerprint density at radius 1 is 1.18 bits per heavy atom. The monoisotopic (exact) mass is 414 g/mol. The first kappa shape index (κ1) is 20.8. The summed E-state index contributed by atoms with van der Waals surface area (Å²) in [5, 5.41) is 0.812. The summed E-state index contributed by atoms with van der Waals surface area (Å²) in [5.74, 6) is 0.534. The lowest BCUT2D eigenvalue weighted by Gasteiger charge is -2.20. The van der Waals surface area contributed by atoms with E-state index in [9.17, 15) is 4.79 Å². The van der Waals surface area contributed by atoms with Crippen LogP contribution < -0.4 is 9.80 Å². The molecule has 3 aromatic rings. The second-order valence-corrected chi connectivity index (χ2v) is 9.28. The molecule has 28 heavy (non-hydrogen) atoms. The zero-order valence-corrected chi connectivity index (χ0v) is 18.6. The molecule has 0 aliphatic rings. The molecule has 0 aliphatic heterocycles. The summed E-state index contributed by atoms with van der Waals surface area (Å²) in [7, 11) is 4.22. The number of aryl methyl sites for hydroxylation is 2. The van der Waals surface area contributed by atoms with Gasteiger partial charge in [-0.1, -0.05) is 48.1 Å². The number of aromatic nitrogens is 1. The summed E-state index contributed by atoms with van der Waals surface area (Å²) in [6.07, 6.45) is 0.944. The van der Waals surface area contributed by atoms with E-state index in [2.05, 4.69) is 70.4 Å². The van der Waals surface area contributed by atoms with Crippen LogP contribution in [0.2, 0.25) is 0 Å². The van der Waals surface area contributed by atoms with Crippen LogP contribution in [-0.4, -0.2) is 43.8 Å². The van der Waals surface area contributed by atoms with Crippen molar-refractivity contribution in [2.75, 3.05) is 37.8 Å². The van der Waals surface area contributed by atoms with Crippen molar-refractivity contribution < 1.29 is 9.69 Å². The number of thioether (sulfide) groups is 1. The lowest BCUT2D eigenvalue weighted by atomic mass is 10.1. The van der Waals surface area contributed by atoms with Gasteiger partial charge in [0.2, 0.25) is 5.91 Å². The quantitative estimate of drug-likeness (QED) is 0.574. The van der Waals surface area contributed by atoms with Gasteiger partial charge in [-0.2, -0.15) is 0 Å². The number of hydrogen-bond acceptors (Lipinski definition) is 4. The molecular formula is C22H28N3OS2+. The Labute approximate surface area is 175 Å². The van der Waals surface area contributed by atoms with Gasteiger partial charge in [0.05, 0.1) is 43.2 Å². The van der Waals surface area contributed by atoms with E-state index in [1.165, 1.54) is 16.0 Å². The highest BCUT2D eigenvalue weighted by molar-refractivity contribution is 8.00. The number of amides is 1. The molecular weight excluding hydrogens is 386 g/mol. The molecule has 1 aromatic heterocycles. The van der Waals surface area contributed by atoms with E-state index < -0.39 is 0 Å². The topological polar surface area (TPSA) is 37.6 Å². The number of rotatable bonds is 8. The number of carbonyl (C=O) groups is 1. The third-order valence-corrected chi connectivity index (χ3v) is 6.66. The van der Waals surface area contributed by atoms with E-state index in [4.69, 9.17) is 4.98 Å². The van der Waals surface area contributed by atoms with Gasteiger partial charge in [0.25, 0.3) is 0 Å². The maximum atomic E-state index is 13.1. The number of quaternary nitrogens is 1. The maximum absolute atomic E-state index is 13.1. The van der Waals surface area contributed by atoms with Gasteiger partial charge in [0.15, 0.2) is 5.13 Å². The van der Waals surface area contributed by atoms with Crippen LogP contribution in [0, 0.1) is 6.92 Å². The third-order valence-electron chi connectivity index (χ3n) is 4.62. The smallest absolute Gasteiger partial charge is 0.239 e. The van der Waals surface area contributed by atoms with Crippen LogP contribution in [0.1, 0.15) is 18.1 Å². The predicted molar refractivity (Wildman–Crippen MR) is 121 cm³/mol. The normalized spacial score (nSPS) is 11.3. The summed E-state index contributed by atoms with van der Waals surface area (Å²) in [6.45, 7) is 5.78. The number of hydrogen-bond donors (Lipinski definition) is 1. The zero-order valence-electron chi connectivity index (χ0n) is 17.0. The van der Waals surface area contributed by atoms with Crippen LogP contribution in [-0.2, 0) is 11.2 Å². The molecule has 3 rings (SSSR count). The molecule has 148 valence electrons. The Hall–Kier alpha value is -1.89. The molecule has 0 radical (unpaired) electrons. The molecule has 0 bridgehead atoms. The van der Waals surface area contributed by atoms with Crippen molar-refractivity contribution in [1.29, 1.82) is 0 Å². The molecule has 2 aromatic carbocycles. The van der Waals surface area contributed by atoms with Gasteiger partial charge in [0.1, 0.15) is 0 Å².